The maximum atomic E-state index is 10.6. The topological polar surface area (TPSA) is 29.5 Å². The Morgan fingerprint density at radius 3 is 2.29 bits per heavy atom. The third-order valence-corrected chi connectivity index (χ3v) is 4.16. The van der Waals surface area contributed by atoms with Crippen molar-refractivity contribution < 1.29 is 9.84 Å². The Morgan fingerprint density at radius 2 is 1.71 bits per heavy atom. The van der Waals surface area contributed by atoms with E-state index in [-0.39, 0.29) is 0 Å². The molecule has 0 fully saturated rings. The summed E-state index contributed by atoms with van der Waals surface area (Å²) in [6.45, 7) is 4.37. The van der Waals surface area contributed by atoms with Crippen molar-refractivity contribution in [2.24, 2.45) is 0 Å². The van der Waals surface area contributed by atoms with Gasteiger partial charge in [0.05, 0.1) is 7.11 Å². The first kappa shape index (κ1) is 15.9. The average Bonchev–Trinajstić information content (AvgIpc) is 2.53. The van der Waals surface area contributed by atoms with Crippen LogP contribution < -0.4 is 4.74 Å². The molecule has 0 aromatic heterocycles. The fourth-order valence-corrected chi connectivity index (χ4v) is 2.52. The maximum Gasteiger partial charge on any atom is 0.125 e. The Kier molecular flexibility index (Phi) is 5.27. The van der Waals surface area contributed by atoms with Crippen molar-refractivity contribution >= 4 is 11.6 Å². The number of hydrogen-bond acceptors (Lipinski definition) is 2. The van der Waals surface area contributed by atoms with Gasteiger partial charge in [0.2, 0.25) is 0 Å². The highest BCUT2D eigenvalue weighted by molar-refractivity contribution is 6.30. The Hall–Kier alpha value is -1.51. The summed E-state index contributed by atoms with van der Waals surface area (Å²) >= 11 is 6.02. The first-order valence-corrected chi connectivity index (χ1v) is 7.56. The van der Waals surface area contributed by atoms with Crippen LogP contribution in [0.1, 0.15) is 49.0 Å². The van der Waals surface area contributed by atoms with Crippen LogP contribution in [0, 0.1) is 0 Å². The lowest BCUT2D eigenvalue weighted by molar-refractivity contribution is 0.214. The molecule has 2 nitrogen and oxygen atoms in total. The van der Waals surface area contributed by atoms with Crippen molar-refractivity contribution in [2.45, 2.75) is 32.3 Å². The molecule has 0 spiro atoms. The van der Waals surface area contributed by atoms with Crippen molar-refractivity contribution in [2.75, 3.05) is 7.11 Å². The number of methoxy groups -OCH3 is 1. The van der Waals surface area contributed by atoms with Gasteiger partial charge in [-0.25, -0.2) is 0 Å². The summed E-state index contributed by atoms with van der Waals surface area (Å²) in [7, 11) is 1.59. The molecule has 3 heteroatoms. The van der Waals surface area contributed by atoms with Crippen molar-refractivity contribution in [1.82, 2.24) is 0 Å². The van der Waals surface area contributed by atoms with E-state index >= 15 is 0 Å². The number of aliphatic hydroxyl groups excluding tert-OH is 1. The molecule has 0 aliphatic heterocycles. The molecule has 2 aromatic rings. The molecule has 21 heavy (non-hydrogen) atoms. The molecule has 2 unspecified atom stereocenters. The molecule has 0 heterocycles. The van der Waals surface area contributed by atoms with Crippen LogP contribution in [0.5, 0.6) is 5.75 Å². The van der Waals surface area contributed by atoms with Gasteiger partial charge >= 0.3 is 0 Å². The highest BCUT2D eigenvalue weighted by Gasteiger charge is 2.16. The lowest BCUT2D eigenvalue weighted by Gasteiger charge is -2.17. The van der Waals surface area contributed by atoms with Crippen molar-refractivity contribution in [1.29, 1.82) is 0 Å². The van der Waals surface area contributed by atoms with E-state index in [0.717, 1.165) is 12.0 Å². The minimum Gasteiger partial charge on any atom is -0.496 e. The van der Waals surface area contributed by atoms with Gasteiger partial charge in [-0.1, -0.05) is 49.7 Å². The van der Waals surface area contributed by atoms with E-state index in [1.807, 2.05) is 12.1 Å². The average molecular weight is 305 g/mol. The van der Waals surface area contributed by atoms with Crippen molar-refractivity contribution in [3.63, 3.8) is 0 Å². The van der Waals surface area contributed by atoms with Crippen LogP contribution in [0.25, 0.3) is 0 Å². The van der Waals surface area contributed by atoms with Gasteiger partial charge in [0.15, 0.2) is 0 Å². The van der Waals surface area contributed by atoms with Crippen LogP contribution in [0.4, 0.5) is 0 Å². The normalized spacial score (nSPS) is 13.8. The molecule has 2 aromatic carbocycles. The quantitative estimate of drug-likeness (QED) is 0.847. The first-order chi connectivity index (χ1) is 10.1. The first-order valence-electron chi connectivity index (χ1n) is 7.18. The SMILES string of the molecule is CCC(C)c1ccc(C(O)c2cc(Cl)ccc2OC)cc1. The summed E-state index contributed by atoms with van der Waals surface area (Å²) in [5.74, 6) is 1.16. The van der Waals surface area contributed by atoms with E-state index in [2.05, 4.69) is 26.0 Å². The summed E-state index contributed by atoms with van der Waals surface area (Å²) in [5, 5.41) is 11.2. The van der Waals surface area contributed by atoms with Gasteiger partial charge in [-0.3, -0.25) is 0 Å². The second kappa shape index (κ2) is 6.97. The van der Waals surface area contributed by atoms with E-state index in [0.29, 0.717) is 22.3 Å². The summed E-state index contributed by atoms with van der Waals surface area (Å²) in [6.07, 6.45) is 0.355. The zero-order chi connectivity index (χ0) is 15.4. The minimum atomic E-state index is -0.746. The highest BCUT2D eigenvalue weighted by Crippen LogP contribution is 2.32. The maximum absolute atomic E-state index is 10.6. The van der Waals surface area contributed by atoms with E-state index in [4.69, 9.17) is 16.3 Å². The van der Waals surface area contributed by atoms with Gasteiger partial charge < -0.3 is 9.84 Å². The molecule has 0 aliphatic rings. The summed E-state index contributed by atoms with van der Waals surface area (Å²) in [5.41, 5.74) is 2.80. The molecular formula is C18H21ClO2. The van der Waals surface area contributed by atoms with E-state index in [1.165, 1.54) is 5.56 Å². The van der Waals surface area contributed by atoms with Crippen LogP contribution in [0.3, 0.4) is 0 Å². The van der Waals surface area contributed by atoms with E-state index in [9.17, 15) is 5.11 Å². The molecule has 0 radical (unpaired) electrons. The molecule has 2 rings (SSSR count). The molecule has 0 saturated heterocycles. The second-order valence-electron chi connectivity index (χ2n) is 5.26. The minimum absolute atomic E-state index is 0.525. The number of rotatable bonds is 5. The third-order valence-electron chi connectivity index (χ3n) is 3.92. The molecule has 2 atom stereocenters. The number of hydrogen-bond donors (Lipinski definition) is 1. The Bertz CT molecular complexity index is 593. The van der Waals surface area contributed by atoms with Gasteiger partial charge in [-0.2, -0.15) is 0 Å². The number of aliphatic hydroxyl groups is 1. The summed E-state index contributed by atoms with van der Waals surface area (Å²) in [6, 6.07) is 13.3. The molecule has 1 N–H and O–H groups in total. The van der Waals surface area contributed by atoms with Gasteiger partial charge in [-0.05, 0) is 41.7 Å². The van der Waals surface area contributed by atoms with Crippen LogP contribution in [-0.2, 0) is 0 Å². The van der Waals surface area contributed by atoms with Gasteiger partial charge in [0, 0.05) is 10.6 Å². The van der Waals surface area contributed by atoms with E-state index < -0.39 is 6.10 Å². The van der Waals surface area contributed by atoms with Gasteiger partial charge in [0.1, 0.15) is 11.9 Å². The lowest BCUT2D eigenvalue weighted by Crippen LogP contribution is -2.03. The Balaban J connectivity index is 2.31. The van der Waals surface area contributed by atoms with Gasteiger partial charge in [0.25, 0.3) is 0 Å². The standard InChI is InChI=1S/C18H21ClO2/c1-4-12(2)13-5-7-14(8-6-13)18(20)16-11-15(19)9-10-17(16)21-3/h5-12,18,20H,4H2,1-3H3. The number of ether oxygens (including phenoxy) is 1. The fraction of sp³-hybridized carbons (Fsp3) is 0.333. The predicted octanol–water partition coefficient (Wildman–Crippen LogP) is 4.94. The summed E-state index contributed by atoms with van der Waals surface area (Å²) < 4.78 is 5.30. The number of benzene rings is 2. The molecule has 0 saturated carbocycles. The van der Waals surface area contributed by atoms with Gasteiger partial charge in [-0.15, -0.1) is 0 Å². The van der Waals surface area contributed by atoms with Crippen LogP contribution in [0.2, 0.25) is 5.02 Å². The van der Waals surface area contributed by atoms with Crippen molar-refractivity contribution in [3.05, 3.63) is 64.2 Å². The zero-order valence-corrected chi connectivity index (χ0v) is 13.4. The zero-order valence-electron chi connectivity index (χ0n) is 12.6. The molecular weight excluding hydrogens is 284 g/mol. The fourth-order valence-electron chi connectivity index (χ4n) is 2.34. The largest absolute Gasteiger partial charge is 0.496 e. The number of halogens is 1. The Morgan fingerprint density at radius 1 is 1.10 bits per heavy atom. The van der Waals surface area contributed by atoms with E-state index in [1.54, 1.807) is 25.3 Å². The molecule has 0 amide bonds. The molecule has 0 bridgehead atoms. The van der Waals surface area contributed by atoms with Crippen molar-refractivity contribution in [3.8, 4) is 5.75 Å². The third kappa shape index (κ3) is 3.58. The molecule has 0 aliphatic carbocycles. The predicted molar refractivity (Wildman–Crippen MR) is 87.2 cm³/mol. The lowest BCUT2D eigenvalue weighted by atomic mass is 9.94. The smallest absolute Gasteiger partial charge is 0.125 e. The highest BCUT2D eigenvalue weighted by atomic mass is 35.5. The second-order valence-corrected chi connectivity index (χ2v) is 5.70. The van der Waals surface area contributed by atoms with Crippen LogP contribution in [-0.4, -0.2) is 12.2 Å². The van der Waals surface area contributed by atoms with Crippen LogP contribution >= 0.6 is 11.6 Å². The van der Waals surface area contributed by atoms with Crippen LogP contribution in [0.15, 0.2) is 42.5 Å². The molecule has 112 valence electrons. The monoisotopic (exact) mass is 304 g/mol. The summed E-state index contributed by atoms with van der Waals surface area (Å²) in [4.78, 5) is 0. The Labute approximate surface area is 131 Å².